The Labute approximate surface area is 409 Å². The number of rotatable bonds is 12. The SMILES string of the molecule is COc1ccc2c(O[C@@H]3C[C@H]4C(=O)N[C@]5(C(=O)NS(=O)(=O)C6(CF)CC6)C[C@H]5C=CCC[C@@H](C)C[C@@H](C)[C@H](N(C(=O)O)[C@@]5(C(F)(F)F)CCCOC5)C(=O)N4C3)nc(-c3ccc(OC(C)C)cc3)cc2c1. The summed E-state index contributed by atoms with van der Waals surface area (Å²) in [7, 11) is -3.04. The Balaban J connectivity index is 1.22. The van der Waals surface area contributed by atoms with Crippen LogP contribution in [0.15, 0.2) is 60.7 Å². The number of hydrogen-bond donors (Lipinski definition) is 3. The Hall–Kier alpha value is -5.70. The number of hydrogen-bond acceptors (Lipinski definition) is 11. The van der Waals surface area contributed by atoms with E-state index in [1.807, 2.05) is 43.7 Å². The largest absolute Gasteiger partial charge is 0.497 e. The summed E-state index contributed by atoms with van der Waals surface area (Å²) in [4.78, 5) is 64.4. The number of benzene rings is 2. The van der Waals surface area contributed by atoms with E-state index in [1.54, 1.807) is 42.5 Å². The lowest BCUT2D eigenvalue weighted by Gasteiger charge is -2.50. The summed E-state index contributed by atoms with van der Waals surface area (Å²) < 4.78 is 111. The van der Waals surface area contributed by atoms with Crippen LogP contribution in [0.2, 0.25) is 0 Å². The molecule has 71 heavy (non-hydrogen) atoms. The number of nitrogens with one attached hydrogen (secondary N) is 2. The van der Waals surface area contributed by atoms with E-state index in [1.165, 1.54) is 14.0 Å². The topological polar surface area (TPSA) is 203 Å². The Morgan fingerprint density at radius 1 is 1.06 bits per heavy atom. The molecule has 2 saturated carbocycles. The van der Waals surface area contributed by atoms with Crippen LogP contribution in [-0.4, -0.2) is 132 Å². The van der Waals surface area contributed by atoms with Crippen molar-refractivity contribution in [2.45, 2.75) is 132 Å². The van der Waals surface area contributed by atoms with Crippen LogP contribution in [0.25, 0.3) is 22.0 Å². The molecule has 4 fully saturated rings. The van der Waals surface area contributed by atoms with Gasteiger partial charge in [0.2, 0.25) is 27.7 Å². The van der Waals surface area contributed by atoms with Crippen molar-refractivity contribution in [2.75, 3.05) is 33.5 Å². The maximum atomic E-state index is 15.6. The van der Waals surface area contributed by atoms with Gasteiger partial charge in [0, 0.05) is 29.9 Å². The second kappa shape index (κ2) is 19.7. The van der Waals surface area contributed by atoms with Gasteiger partial charge < -0.3 is 34.3 Å². The molecule has 2 aromatic carbocycles. The second-order valence-electron chi connectivity index (χ2n) is 20.2. The van der Waals surface area contributed by atoms with Crippen molar-refractivity contribution in [3.63, 3.8) is 0 Å². The van der Waals surface area contributed by atoms with Crippen molar-refractivity contribution in [1.29, 1.82) is 0 Å². The first-order valence-electron chi connectivity index (χ1n) is 24.1. The van der Waals surface area contributed by atoms with Gasteiger partial charge in [-0.05, 0) is 131 Å². The molecule has 16 nitrogen and oxygen atoms in total. The van der Waals surface area contributed by atoms with Gasteiger partial charge in [-0.15, -0.1) is 0 Å². The highest BCUT2D eigenvalue weighted by atomic mass is 32.2. The van der Waals surface area contributed by atoms with E-state index in [0.717, 1.165) is 4.90 Å². The lowest BCUT2D eigenvalue weighted by Crippen LogP contribution is -2.71. The van der Waals surface area contributed by atoms with Crippen LogP contribution in [0.3, 0.4) is 0 Å². The monoisotopic (exact) mass is 1020 g/mol. The molecule has 0 spiro atoms. The molecule has 0 bridgehead atoms. The Morgan fingerprint density at radius 3 is 2.39 bits per heavy atom. The van der Waals surface area contributed by atoms with E-state index in [-0.39, 0.29) is 67.9 Å². The minimum atomic E-state index is -5.20. The molecule has 2 aliphatic carbocycles. The summed E-state index contributed by atoms with van der Waals surface area (Å²) in [5.74, 6) is -4.00. The first kappa shape index (κ1) is 51.6. The number of fused-ring (bicyclic) bond motifs is 3. The van der Waals surface area contributed by atoms with Gasteiger partial charge in [0.25, 0.3) is 5.91 Å². The smallest absolute Gasteiger partial charge is 0.414 e. The van der Waals surface area contributed by atoms with Crippen molar-refractivity contribution in [2.24, 2.45) is 17.8 Å². The standard InChI is InChI=1S/C50H61F4N5O11S/c1-29(2)69-35-13-11-32(12-14-35)39-23-33-22-36(67-5)15-16-38(33)43(55-39)70-37-24-40-42(60)56-49(45(62)57-71(65,66)47(27-51)18-19-47)25-34(49)10-7-6-9-30(3)21-31(4)41(44(61)58(40)26-37)59(46(63)64)48(50(52,53)54)17-8-20-68-28-48/h7,10-16,22-23,29-31,34,37,40-41H,6,8-9,17-21,24-28H2,1-5H3,(H,56,60)(H,57,62)(H,63,64)/t30-,31-,34-,37-,40+,41+,48+,49-/m1/s1. The quantitative estimate of drug-likeness (QED) is 0.121. The van der Waals surface area contributed by atoms with E-state index in [0.29, 0.717) is 46.4 Å². The molecule has 8 atom stereocenters. The number of carboxylic acid groups (broad SMARTS) is 1. The Kier molecular flexibility index (Phi) is 14.3. The van der Waals surface area contributed by atoms with E-state index in [9.17, 15) is 32.3 Å². The number of methoxy groups -OCH3 is 1. The highest BCUT2D eigenvalue weighted by Gasteiger charge is 2.66. The number of aromatic nitrogens is 1. The predicted molar refractivity (Wildman–Crippen MR) is 252 cm³/mol. The summed E-state index contributed by atoms with van der Waals surface area (Å²) in [5, 5.41) is 14.8. The fraction of sp³-hybridized carbons (Fsp3) is 0.580. The van der Waals surface area contributed by atoms with E-state index >= 15 is 18.0 Å². The van der Waals surface area contributed by atoms with Gasteiger partial charge in [-0.3, -0.25) is 24.0 Å². The van der Waals surface area contributed by atoms with Crippen LogP contribution in [0.4, 0.5) is 22.4 Å². The number of amides is 4. The minimum Gasteiger partial charge on any atom is -0.497 e. The zero-order chi connectivity index (χ0) is 51.3. The number of ether oxygens (including phenoxy) is 4. The summed E-state index contributed by atoms with van der Waals surface area (Å²) in [6.07, 6.45) is -5.25. The second-order valence-corrected chi connectivity index (χ2v) is 22.3. The molecule has 21 heteroatoms. The predicted octanol–water partition coefficient (Wildman–Crippen LogP) is 7.34. The zero-order valence-electron chi connectivity index (χ0n) is 40.3. The van der Waals surface area contributed by atoms with Crippen LogP contribution in [0.1, 0.15) is 85.5 Å². The van der Waals surface area contributed by atoms with Gasteiger partial charge in [-0.1, -0.05) is 26.0 Å². The molecule has 3 aliphatic heterocycles. The average Bonchev–Trinajstić information content (AvgIpc) is 4.23. The molecular weight excluding hydrogens is 955 g/mol. The molecule has 4 amide bonds. The molecular formula is C50H61F4N5O11S. The number of allylic oxidation sites excluding steroid dienone is 1. The number of pyridine rings is 1. The number of sulfonamides is 1. The normalized spacial score (nSPS) is 29.0. The van der Waals surface area contributed by atoms with Gasteiger partial charge in [0.1, 0.15) is 46.6 Å². The number of carbonyl (C=O) groups is 4. The number of carbonyl (C=O) groups excluding carboxylic acids is 3. The average molecular weight is 1020 g/mol. The molecule has 1 aromatic heterocycles. The Morgan fingerprint density at radius 2 is 1.77 bits per heavy atom. The summed E-state index contributed by atoms with van der Waals surface area (Å²) in [6.45, 7) is 4.36. The summed E-state index contributed by atoms with van der Waals surface area (Å²) >= 11 is 0. The van der Waals surface area contributed by atoms with Gasteiger partial charge in [-0.25, -0.2) is 22.6 Å². The first-order chi connectivity index (χ1) is 33.6. The van der Waals surface area contributed by atoms with Crippen LogP contribution in [0, 0.1) is 17.8 Å². The van der Waals surface area contributed by atoms with E-state index < -0.39 is 112 Å². The third-order valence-corrected chi connectivity index (χ3v) is 16.8. The van der Waals surface area contributed by atoms with E-state index in [4.69, 9.17) is 23.9 Å². The van der Waals surface area contributed by atoms with Crippen LogP contribution < -0.4 is 24.2 Å². The molecule has 3 aromatic rings. The van der Waals surface area contributed by atoms with E-state index in [2.05, 4.69) is 5.32 Å². The highest BCUT2D eigenvalue weighted by Crippen LogP contribution is 2.49. The lowest BCUT2D eigenvalue weighted by atomic mass is 9.82. The third kappa shape index (κ3) is 10.1. The fourth-order valence-corrected chi connectivity index (χ4v) is 11.9. The number of halogens is 4. The maximum absolute atomic E-state index is 15.6. The summed E-state index contributed by atoms with van der Waals surface area (Å²) in [6, 6.07) is 10.6. The van der Waals surface area contributed by atoms with Crippen LogP contribution in [-0.2, 0) is 29.1 Å². The van der Waals surface area contributed by atoms with Crippen molar-refractivity contribution in [3.8, 4) is 28.6 Å². The molecule has 2 saturated heterocycles. The minimum absolute atomic E-state index is 0.0116. The number of nitrogens with zero attached hydrogens (tertiary/aromatic N) is 3. The van der Waals surface area contributed by atoms with Crippen LogP contribution >= 0.6 is 0 Å². The molecule has 8 rings (SSSR count). The molecule has 0 radical (unpaired) electrons. The van der Waals surface area contributed by atoms with Crippen molar-refractivity contribution in [1.82, 2.24) is 24.8 Å². The first-order valence-corrected chi connectivity index (χ1v) is 25.6. The third-order valence-electron chi connectivity index (χ3n) is 14.7. The van der Waals surface area contributed by atoms with Crippen molar-refractivity contribution >= 4 is 44.6 Å². The number of alkyl halides is 4. The fourth-order valence-electron chi connectivity index (χ4n) is 10.5. The zero-order valence-corrected chi connectivity index (χ0v) is 41.1. The summed E-state index contributed by atoms with van der Waals surface area (Å²) in [5.41, 5.74) is -3.88. The van der Waals surface area contributed by atoms with Crippen molar-refractivity contribution in [3.05, 3.63) is 60.7 Å². The molecule has 386 valence electrons. The van der Waals surface area contributed by atoms with Crippen molar-refractivity contribution < 1.29 is 69.2 Å². The molecule has 5 aliphatic rings. The maximum Gasteiger partial charge on any atom is 0.414 e. The van der Waals surface area contributed by atoms with Gasteiger partial charge in [0.15, 0.2) is 5.54 Å². The van der Waals surface area contributed by atoms with Gasteiger partial charge in [-0.2, -0.15) is 13.2 Å². The molecule has 4 heterocycles. The molecule has 0 unspecified atom stereocenters. The van der Waals surface area contributed by atoms with Gasteiger partial charge >= 0.3 is 12.3 Å². The Bertz CT molecular complexity index is 2660. The lowest BCUT2D eigenvalue weighted by molar-refractivity contribution is -0.260. The molecule has 3 N–H and O–H groups in total. The van der Waals surface area contributed by atoms with Gasteiger partial charge in [0.05, 0.1) is 32.1 Å². The highest BCUT2D eigenvalue weighted by molar-refractivity contribution is 7.91. The van der Waals surface area contributed by atoms with Crippen LogP contribution in [0.5, 0.6) is 17.4 Å².